The highest BCUT2D eigenvalue weighted by Crippen LogP contribution is 2.32. The SMILES string of the molecule is O=C(O)c1cn(Cc2ccc3c(c2)CCO3)c2nc(N3CC4CC3CN4)c(F)cc2c1=O. The zero-order valence-electron chi connectivity index (χ0n) is 17.2. The highest BCUT2D eigenvalue weighted by atomic mass is 19.1. The van der Waals surface area contributed by atoms with E-state index < -0.39 is 22.8 Å². The number of hydrogen-bond donors (Lipinski definition) is 2. The molecule has 0 spiro atoms. The van der Waals surface area contributed by atoms with Gasteiger partial charge in [-0.1, -0.05) is 12.1 Å². The molecule has 3 aliphatic heterocycles. The standard InChI is InChI=1S/C23H21FN4O4/c24-18-7-16-20(29)17(23(30)31)11-27(9-12-1-2-19-13(5-12)3-4-32-19)21(16)26-22(18)28-10-14-6-15(28)8-25-14/h1-2,5,7,11,14-15,25H,3-4,6,8-10H2,(H,30,31). The van der Waals surface area contributed by atoms with Gasteiger partial charge in [0.15, 0.2) is 11.6 Å². The number of pyridine rings is 2. The van der Waals surface area contributed by atoms with Crippen LogP contribution in [0.3, 0.4) is 0 Å². The Bertz CT molecular complexity index is 1340. The van der Waals surface area contributed by atoms with Crippen molar-refractivity contribution in [3.05, 3.63) is 63.2 Å². The number of nitrogens with zero attached hydrogens (tertiary/aromatic N) is 3. The molecule has 2 N–H and O–H groups in total. The molecule has 2 fully saturated rings. The van der Waals surface area contributed by atoms with Crippen molar-refractivity contribution in [3.8, 4) is 5.75 Å². The van der Waals surface area contributed by atoms with Gasteiger partial charge in [0.1, 0.15) is 17.0 Å². The summed E-state index contributed by atoms with van der Waals surface area (Å²) in [6, 6.07) is 7.43. The van der Waals surface area contributed by atoms with Crippen molar-refractivity contribution in [2.75, 3.05) is 24.6 Å². The van der Waals surface area contributed by atoms with Crippen LogP contribution in [0.1, 0.15) is 27.9 Å². The van der Waals surface area contributed by atoms with Gasteiger partial charge in [-0.05, 0) is 29.7 Å². The van der Waals surface area contributed by atoms with E-state index in [0.717, 1.165) is 42.3 Å². The predicted molar refractivity (Wildman–Crippen MR) is 115 cm³/mol. The lowest BCUT2D eigenvalue weighted by molar-refractivity contribution is 0.0695. The third-order valence-corrected chi connectivity index (χ3v) is 6.65. The molecule has 2 aromatic heterocycles. The summed E-state index contributed by atoms with van der Waals surface area (Å²) in [4.78, 5) is 31.0. The van der Waals surface area contributed by atoms with Gasteiger partial charge in [0.25, 0.3) is 0 Å². The van der Waals surface area contributed by atoms with E-state index in [1.807, 2.05) is 23.1 Å². The lowest BCUT2D eigenvalue weighted by Crippen LogP contribution is -2.44. The Morgan fingerprint density at radius 2 is 2.22 bits per heavy atom. The first-order valence-corrected chi connectivity index (χ1v) is 10.7. The Balaban J connectivity index is 1.50. The maximum Gasteiger partial charge on any atom is 0.341 e. The number of carboxylic acids is 1. The second kappa shape index (κ2) is 7.03. The highest BCUT2D eigenvalue weighted by Gasteiger charge is 2.39. The average Bonchev–Trinajstić information content (AvgIpc) is 3.52. The Hall–Kier alpha value is -3.46. The third kappa shape index (κ3) is 2.96. The van der Waals surface area contributed by atoms with Gasteiger partial charge in [-0.15, -0.1) is 0 Å². The van der Waals surface area contributed by atoms with Crippen molar-refractivity contribution in [1.82, 2.24) is 14.9 Å². The molecule has 0 saturated carbocycles. The number of aromatic carboxylic acids is 1. The number of piperazine rings is 1. The van der Waals surface area contributed by atoms with E-state index in [4.69, 9.17) is 4.74 Å². The molecule has 164 valence electrons. The Morgan fingerprint density at radius 3 is 2.97 bits per heavy atom. The molecule has 0 amide bonds. The molecule has 6 rings (SSSR count). The number of ether oxygens (including phenoxy) is 1. The normalized spacial score (nSPS) is 21.2. The minimum absolute atomic E-state index is 0.0295. The quantitative estimate of drug-likeness (QED) is 0.643. The van der Waals surface area contributed by atoms with Gasteiger partial charge in [-0.3, -0.25) is 4.79 Å². The smallest absolute Gasteiger partial charge is 0.341 e. The molecule has 2 saturated heterocycles. The summed E-state index contributed by atoms with van der Waals surface area (Å²) in [5.74, 6) is -0.888. The number of rotatable bonds is 4. The summed E-state index contributed by atoms with van der Waals surface area (Å²) in [5.41, 5.74) is 1.16. The molecule has 9 heteroatoms. The molecule has 32 heavy (non-hydrogen) atoms. The molecule has 0 radical (unpaired) electrons. The number of benzene rings is 1. The van der Waals surface area contributed by atoms with E-state index in [2.05, 4.69) is 10.3 Å². The fraction of sp³-hybridized carbons (Fsp3) is 0.348. The van der Waals surface area contributed by atoms with Crippen molar-refractivity contribution in [3.63, 3.8) is 0 Å². The lowest BCUT2D eigenvalue weighted by atomic mass is 10.1. The number of aromatic nitrogens is 2. The third-order valence-electron chi connectivity index (χ3n) is 6.65. The zero-order chi connectivity index (χ0) is 22.0. The van der Waals surface area contributed by atoms with Crippen LogP contribution in [0.5, 0.6) is 5.75 Å². The maximum absolute atomic E-state index is 15.1. The summed E-state index contributed by atoms with van der Waals surface area (Å²) in [7, 11) is 0. The topological polar surface area (TPSA) is 96.7 Å². The van der Waals surface area contributed by atoms with Crippen LogP contribution in [-0.4, -0.2) is 52.4 Å². The first-order valence-electron chi connectivity index (χ1n) is 10.7. The number of halogens is 1. The van der Waals surface area contributed by atoms with Crippen molar-refractivity contribution < 1.29 is 19.0 Å². The van der Waals surface area contributed by atoms with Gasteiger partial charge in [0, 0.05) is 44.3 Å². The largest absolute Gasteiger partial charge is 0.493 e. The molecule has 3 aliphatic rings. The number of carboxylic acid groups (broad SMARTS) is 1. The van der Waals surface area contributed by atoms with Gasteiger partial charge in [-0.25, -0.2) is 14.2 Å². The number of nitrogens with one attached hydrogen (secondary N) is 1. The van der Waals surface area contributed by atoms with Crippen LogP contribution >= 0.6 is 0 Å². The molecule has 1 aromatic carbocycles. The monoisotopic (exact) mass is 436 g/mol. The summed E-state index contributed by atoms with van der Waals surface area (Å²) in [5, 5.41) is 12.9. The van der Waals surface area contributed by atoms with Crippen molar-refractivity contribution in [2.24, 2.45) is 0 Å². The Morgan fingerprint density at radius 1 is 1.34 bits per heavy atom. The van der Waals surface area contributed by atoms with E-state index >= 15 is 4.39 Å². The van der Waals surface area contributed by atoms with Gasteiger partial charge < -0.3 is 24.6 Å². The number of fused-ring (bicyclic) bond motifs is 4. The first-order chi connectivity index (χ1) is 15.5. The second-order valence-corrected chi connectivity index (χ2v) is 8.66. The molecule has 8 nitrogen and oxygen atoms in total. The van der Waals surface area contributed by atoms with Crippen LogP contribution in [0.2, 0.25) is 0 Å². The molecule has 2 atom stereocenters. The molecule has 3 aromatic rings. The van der Waals surface area contributed by atoms with Crippen LogP contribution < -0.4 is 20.4 Å². The van der Waals surface area contributed by atoms with Crippen LogP contribution in [-0.2, 0) is 13.0 Å². The highest BCUT2D eigenvalue weighted by molar-refractivity contribution is 5.92. The van der Waals surface area contributed by atoms with Crippen molar-refractivity contribution >= 4 is 22.8 Å². The van der Waals surface area contributed by atoms with Crippen molar-refractivity contribution in [1.29, 1.82) is 0 Å². The molecule has 5 heterocycles. The molecular formula is C23H21FN4O4. The lowest BCUT2D eigenvalue weighted by Gasteiger charge is -2.29. The summed E-state index contributed by atoms with van der Waals surface area (Å²) >= 11 is 0. The molecular weight excluding hydrogens is 415 g/mol. The fourth-order valence-electron chi connectivity index (χ4n) is 5.11. The predicted octanol–water partition coefficient (Wildman–Crippen LogP) is 1.77. The fourth-order valence-corrected chi connectivity index (χ4v) is 5.11. The van der Waals surface area contributed by atoms with E-state index in [0.29, 0.717) is 25.7 Å². The van der Waals surface area contributed by atoms with E-state index in [9.17, 15) is 14.7 Å². The van der Waals surface area contributed by atoms with Crippen LogP contribution in [0.25, 0.3) is 11.0 Å². The molecule has 0 aliphatic carbocycles. The van der Waals surface area contributed by atoms with Crippen LogP contribution in [0, 0.1) is 5.82 Å². The van der Waals surface area contributed by atoms with E-state index in [1.54, 1.807) is 4.57 Å². The zero-order valence-corrected chi connectivity index (χ0v) is 17.2. The summed E-state index contributed by atoms with van der Waals surface area (Å²) in [6.45, 7) is 2.37. The Kier molecular flexibility index (Phi) is 4.23. The van der Waals surface area contributed by atoms with Gasteiger partial charge in [0.05, 0.1) is 12.0 Å². The first kappa shape index (κ1) is 19.2. The van der Waals surface area contributed by atoms with Crippen LogP contribution in [0.4, 0.5) is 10.2 Å². The van der Waals surface area contributed by atoms with Crippen LogP contribution in [0.15, 0.2) is 35.3 Å². The minimum atomic E-state index is -1.35. The van der Waals surface area contributed by atoms with E-state index in [1.165, 1.54) is 6.20 Å². The van der Waals surface area contributed by atoms with Gasteiger partial charge in [-0.2, -0.15) is 0 Å². The maximum atomic E-state index is 15.1. The number of anilines is 1. The molecule has 2 bridgehead atoms. The number of hydrogen-bond acceptors (Lipinski definition) is 6. The van der Waals surface area contributed by atoms with Gasteiger partial charge >= 0.3 is 5.97 Å². The Labute approximate surface area is 182 Å². The van der Waals surface area contributed by atoms with Gasteiger partial charge in [0.2, 0.25) is 5.43 Å². The van der Waals surface area contributed by atoms with Crippen molar-refractivity contribution in [2.45, 2.75) is 31.5 Å². The van der Waals surface area contributed by atoms with E-state index in [-0.39, 0.29) is 22.9 Å². The number of carbonyl (C=O) groups is 1. The summed E-state index contributed by atoms with van der Waals surface area (Å²) in [6.07, 6.45) is 3.05. The second-order valence-electron chi connectivity index (χ2n) is 8.66. The average molecular weight is 436 g/mol. The molecule has 2 unspecified atom stereocenters. The minimum Gasteiger partial charge on any atom is -0.493 e. The summed E-state index contributed by atoms with van der Waals surface area (Å²) < 4.78 is 22.3.